The predicted octanol–water partition coefficient (Wildman–Crippen LogP) is 0.281. The third-order valence-electron chi connectivity index (χ3n) is 3.20. The van der Waals surface area contributed by atoms with Crippen LogP contribution in [0.5, 0.6) is 0 Å². The number of hydrogen-bond donors (Lipinski definition) is 2. The zero-order valence-corrected chi connectivity index (χ0v) is 9.72. The van der Waals surface area contributed by atoms with Crippen LogP contribution in [0.2, 0.25) is 0 Å². The second-order valence-electron chi connectivity index (χ2n) is 4.73. The lowest BCUT2D eigenvalue weighted by atomic mass is 9.97. The summed E-state index contributed by atoms with van der Waals surface area (Å²) in [5.41, 5.74) is 0. The van der Waals surface area contributed by atoms with Gasteiger partial charge in [0.25, 0.3) is 0 Å². The Kier molecular flexibility index (Phi) is 3.83. The second-order valence-corrected chi connectivity index (χ2v) is 4.73. The van der Waals surface area contributed by atoms with Crippen LogP contribution in [0.15, 0.2) is 0 Å². The van der Waals surface area contributed by atoms with Crippen molar-refractivity contribution in [2.24, 2.45) is 5.92 Å². The first-order valence-corrected chi connectivity index (χ1v) is 6.00. The van der Waals surface area contributed by atoms with Gasteiger partial charge in [-0.2, -0.15) is 0 Å². The maximum atomic E-state index is 11.7. The summed E-state index contributed by atoms with van der Waals surface area (Å²) in [6.45, 7) is 2.45. The number of nitrogens with zero attached hydrogens (tertiary/aromatic N) is 1. The van der Waals surface area contributed by atoms with Gasteiger partial charge in [0, 0.05) is 25.6 Å². The van der Waals surface area contributed by atoms with Gasteiger partial charge in [-0.05, 0) is 12.8 Å². The van der Waals surface area contributed by atoms with E-state index in [1.165, 1.54) is 0 Å². The molecule has 2 aliphatic rings. The smallest absolute Gasteiger partial charge is 0.317 e. The van der Waals surface area contributed by atoms with E-state index < -0.39 is 5.97 Å². The van der Waals surface area contributed by atoms with Crippen LogP contribution in [-0.4, -0.2) is 54.4 Å². The summed E-state index contributed by atoms with van der Waals surface area (Å²) in [4.78, 5) is 23.9. The number of amides is 2. The summed E-state index contributed by atoms with van der Waals surface area (Å²) in [7, 11) is 0. The van der Waals surface area contributed by atoms with E-state index in [-0.39, 0.29) is 24.4 Å². The Bertz CT molecular complexity index is 296. The van der Waals surface area contributed by atoms with Gasteiger partial charge in [-0.15, -0.1) is 0 Å². The van der Waals surface area contributed by atoms with Crippen LogP contribution in [0.25, 0.3) is 0 Å². The molecule has 2 N–H and O–H groups in total. The lowest BCUT2D eigenvalue weighted by Gasteiger charge is -2.39. The van der Waals surface area contributed by atoms with E-state index in [0.717, 1.165) is 19.4 Å². The monoisotopic (exact) mass is 242 g/mol. The van der Waals surface area contributed by atoms with Crippen LogP contribution < -0.4 is 5.32 Å². The number of carbonyl (C=O) groups excluding carboxylic acids is 1. The maximum absolute atomic E-state index is 11.7. The summed E-state index contributed by atoms with van der Waals surface area (Å²) in [5.74, 6) is -0.684. The van der Waals surface area contributed by atoms with E-state index in [4.69, 9.17) is 9.84 Å². The number of likely N-dealkylation sites (tertiary alicyclic amines) is 1. The molecule has 0 spiro atoms. The molecule has 0 aliphatic carbocycles. The molecule has 0 aromatic carbocycles. The second kappa shape index (κ2) is 5.35. The van der Waals surface area contributed by atoms with Gasteiger partial charge in [0.1, 0.15) is 0 Å². The van der Waals surface area contributed by atoms with Gasteiger partial charge < -0.3 is 20.1 Å². The molecule has 0 aromatic heterocycles. The van der Waals surface area contributed by atoms with E-state index in [1.807, 2.05) is 0 Å². The van der Waals surface area contributed by atoms with Crippen LogP contribution in [0.3, 0.4) is 0 Å². The van der Waals surface area contributed by atoms with E-state index in [1.54, 1.807) is 4.90 Å². The Morgan fingerprint density at radius 1 is 1.41 bits per heavy atom. The van der Waals surface area contributed by atoms with Crippen LogP contribution in [0.1, 0.15) is 19.3 Å². The average molecular weight is 242 g/mol. The number of nitrogens with one attached hydrogen (secondary N) is 1. The summed E-state index contributed by atoms with van der Waals surface area (Å²) in [6, 6.07) is 0.0110. The number of carbonyl (C=O) groups is 2. The highest BCUT2D eigenvalue weighted by Gasteiger charge is 2.32. The molecular formula is C11H18N2O4. The fraction of sp³-hybridized carbons (Fsp3) is 0.818. The van der Waals surface area contributed by atoms with Crippen molar-refractivity contribution < 1.29 is 19.4 Å². The van der Waals surface area contributed by atoms with Crippen molar-refractivity contribution >= 4 is 12.0 Å². The Labute approximate surface area is 99.9 Å². The standard InChI is InChI=1S/C11H18N2O4/c14-10(15)4-8-5-13(6-8)11(16)12-9-2-1-3-17-7-9/h8-9H,1-7H2,(H,12,16)(H,14,15). The summed E-state index contributed by atoms with van der Waals surface area (Å²) < 4.78 is 5.28. The largest absolute Gasteiger partial charge is 0.481 e. The molecule has 0 radical (unpaired) electrons. The van der Waals surface area contributed by atoms with Crippen molar-refractivity contribution in [1.29, 1.82) is 0 Å². The minimum absolute atomic E-state index is 0.0952. The Balaban J connectivity index is 1.66. The van der Waals surface area contributed by atoms with Crippen LogP contribution in [0.4, 0.5) is 4.79 Å². The first kappa shape index (κ1) is 12.2. The number of rotatable bonds is 3. The number of urea groups is 1. The molecule has 17 heavy (non-hydrogen) atoms. The Hall–Kier alpha value is -1.30. The fourth-order valence-corrected chi connectivity index (χ4v) is 2.23. The highest BCUT2D eigenvalue weighted by Crippen LogP contribution is 2.19. The van der Waals surface area contributed by atoms with Crippen LogP contribution in [-0.2, 0) is 9.53 Å². The molecule has 96 valence electrons. The Morgan fingerprint density at radius 2 is 2.18 bits per heavy atom. The quantitative estimate of drug-likeness (QED) is 0.745. The van der Waals surface area contributed by atoms with Gasteiger partial charge in [-0.25, -0.2) is 4.79 Å². The zero-order chi connectivity index (χ0) is 12.3. The molecular weight excluding hydrogens is 224 g/mol. The highest BCUT2D eigenvalue weighted by molar-refractivity contribution is 5.76. The molecule has 6 heteroatoms. The lowest BCUT2D eigenvalue weighted by Crippen LogP contribution is -2.56. The van der Waals surface area contributed by atoms with Gasteiger partial charge in [0.15, 0.2) is 0 Å². The third kappa shape index (κ3) is 3.33. The minimum Gasteiger partial charge on any atom is -0.481 e. The topological polar surface area (TPSA) is 78.9 Å². The third-order valence-corrected chi connectivity index (χ3v) is 3.20. The molecule has 0 bridgehead atoms. The van der Waals surface area contributed by atoms with Gasteiger partial charge in [0.2, 0.25) is 0 Å². The number of carboxylic acids is 1. The first-order chi connectivity index (χ1) is 8.15. The van der Waals surface area contributed by atoms with Crippen molar-refractivity contribution in [2.75, 3.05) is 26.3 Å². The minimum atomic E-state index is -0.796. The van der Waals surface area contributed by atoms with E-state index in [9.17, 15) is 9.59 Å². The van der Waals surface area contributed by atoms with E-state index in [2.05, 4.69) is 5.32 Å². The van der Waals surface area contributed by atoms with E-state index in [0.29, 0.717) is 19.7 Å². The van der Waals surface area contributed by atoms with Crippen molar-refractivity contribution in [3.63, 3.8) is 0 Å². The molecule has 1 unspecified atom stereocenters. The van der Waals surface area contributed by atoms with Gasteiger partial charge in [-0.3, -0.25) is 4.79 Å². The maximum Gasteiger partial charge on any atom is 0.317 e. The summed E-state index contributed by atoms with van der Waals surface area (Å²) in [6.07, 6.45) is 2.08. The summed E-state index contributed by atoms with van der Waals surface area (Å²) in [5, 5.41) is 11.5. The molecule has 2 amide bonds. The molecule has 2 aliphatic heterocycles. The molecule has 2 saturated heterocycles. The number of hydrogen-bond acceptors (Lipinski definition) is 3. The zero-order valence-electron chi connectivity index (χ0n) is 9.72. The molecule has 2 heterocycles. The van der Waals surface area contributed by atoms with Crippen LogP contribution in [0, 0.1) is 5.92 Å². The van der Waals surface area contributed by atoms with Crippen molar-refractivity contribution in [3.8, 4) is 0 Å². The average Bonchev–Trinajstić information content (AvgIpc) is 2.23. The van der Waals surface area contributed by atoms with Crippen molar-refractivity contribution in [3.05, 3.63) is 0 Å². The molecule has 6 nitrogen and oxygen atoms in total. The number of aliphatic carboxylic acids is 1. The fourth-order valence-electron chi connectivity index (χ4n) is 2.23. The van der Waals surface area contributed by atoms with Gasteiger partial charge in [-0.1, -0.05) is 0 Å². The number of carboxylic acid groups (broad SMARTS) is 1. The van der Waals surface area contributed by atoms with E-state index >= 15 is 0 Å². The lowest BCUT2D eigenvalue weighted by molar-refractivity contribution is -0.139. The normalized spacial score (nSPS) is 25.2. The van der Waals surface area contributed by atoms with Crippen molar-refractivity contribution in [1.82, 2.24) is 10.2 Å². The predicted molar refractivity (Wildman–Crippen MR) is 59.7 cm³/mol. The highest BCUT2D eigenvalue weighted by atomic mass is 16.5. The molecule has 2 fully saturated rings. The SMILES string of the molecule is O=C(O)CC1CN(C(=O)NC2CCCOC2)C1. The molecule has 0 saturated carbocycles. The molecule has 1 atom stereocenters. The van der Waals surface area contributed by atoms with Crippen molar-refractivity contribution in [2.45, 2.75) is 25.3 Å². The first-order valence-electron chi connectivity index (χ1n) is 6.00. The molecule has 0 aromatic rings. The summed E-state index contributed by atoms with van der Waals surface area (Å²) >= 11 is 0. The van der Waals surface area contributed by atoms with Gasteiger partial charge >= 0.3 is 12.0 Å². The molecule has 2 rings (SSSR count). The Morgan fingerprint density at radius 3 is 2.76 bits per heavy atom. The number of ether oxygens (including phenoxy) is 1. The van der Waals surface area contributed by atoms with Crippen LogP contribution >= 0.6 is 0 Å². The van der Waals surface area contributed by atoms with Gasteiger partial charge in [0.05, 0.1) is 19.1 Å².